The van der Waals surface area contributed by atoms with Gasteiger partial charge >= 0.3 is 0 Å². The van der Waals surface area contributed by atoms with Crippen LogP contribution in [0.4, 0.5) is 0 Å². The lowest BCUT2D eigenvalue weighted by atomic mass is 9.84. The van der Waals surface area contributed by atoms with Gasteiger partial charge < -0.3 is 0 Å². The third-order valence-corrected chi connectivity index (χ3v) is 8.43. The Morgan fingerprint density at radius 2 is 1.67 bits per heavy atom. The van der Waals surface area contributed by atoms with E-state index in [1.54, 1.807) is 12.1 Å². The van der Waals surface area contributed by atoms with E-state index in [9.17, 15) is 16.8 Å². The van der Waals surface area contributed by atoms with Gasteiger partial charge in [-0.05, 0) is 48.8 Å². The van der Waals surface area contributed by atoms with Crippen molar-refractivity contribution in [3.05, 3.63) is 29.8 Å². The van der Waals surface area contributed by atoms with Crippen LogP contribution in [0.15, 0.2) is 29.2 Å². The maximum Gasteiger partial charge on any atom is 0.240 e. The molecule has 1 unspecified atom stereocenters. The van der Waals surface area contributed by atoms with Crippen LogP contribution in [0.3, 0.4) is 0 Å². The predicted molar refractivity (Wildman–Crippen MR) is 94.2 cm³/mol. The molecule has 2 aliphatic rings. The molecule has 1 aromatic carbocycles. The van der Waals surface area contributed by atoms with Gasteiger partial charge in [0.2, 0.25) is 10.0 Å². The first-order chi connectivity index (χ1) is 11.4. The molecule has 0 bridgehead atoms. The molecule has 1 aliphatic carbocycles. The molecule has 5 nitrogen and oxygen atoms in total. The summed E-state index contributed by atoms with van der Waals surface area (Å²) in [5.41, 5.74) is 1.22. The molecule has 1 aromatic rings. The van der Waals surface area contributed by atoms with Gasteiger partial charge in [-0.2, -0.15) is 0 Å². The summed E-state index contributed by atoms with van der Waals surface area (Å²) >= 11 is 0. The summed E-state index contributed by atoms with van der Waals surface area (Å²) in [7, 11) is -6.56. The average Bonchev–Trinajstić information content (AvgIpc) is 2.93. The summed E-state index contributed by atoms with van der Waals surface area (Å²) in [6, 6.07) is 7.17. The van der Waals surface area contributed by atoms with Crippen molar-refractivity contribution in [3.63, 3.8) is 0 Å². The van der Waals surface area contributed by atoms with Crippen LogP contribution in [-0.2, 0) is 19.9 Å². The zero-order valence-electron chi connectivity index (χ0n) is 13.8. The molecule has 3 rings (SSSR count). The van der Waals surface area contributed by atoms with E-state index >= 15 is 0 Å². The molecular formula is C17H25NO4S2. The molecule has 2 fully saturated rings. The Balaban J connectivity index is 1.62. The molecule has 0 spiro atoms. The summed E-state index contributed by atoms with van der Waals surface area (Å²) in [4.78, 5) is 0.253. The molecule has 1 N–H and O–H groups in total. The van der Waals surface area contributed by atoms with E-state index in [0.29, 0.717) is 12.3 Å². The Hall–Kier alpha value is -0.920. The standard InChI is InChI=1S/C17H25NO4S2/c19-23(20)11-10-14(13-23)12-18-24(21,22)17-8-6-16(7-9-17)15-4-2-1-3-5-15/h6-9,14-15,18H,1-5,10-13H2. The molecule has 1 heterocycles. The topological polar surface area (TPSA) is 80.3 Å². The van der Waals surface area contributed by atoms with Gasteiger partial charge in [-0.25, -0.2) is 21.6 Å². The zero-order valence-corrected chi connectivity index (χ0v) is 15.4. The molecule has 1 saturated carbocycles. The van der Waals surface area contributed by atoms with E-state index in [1.807, 2.05) is 12.1 Å². The zero-order chi connectivity index (χ0) is 17.2. The van der Waals surface area contributed by atoms with Gasteiger partial charge in [-0.3, -0.25) is 0 Å². The summed E-state index contributed by atoms with van der Waals surface area (Å²) < 4.78 is 50.2. The van der Waals surface area contributed by atoms with E-state index in [-0.39, 0.29) is 28.9 Å². The normalized spacial score (nSPS) is 24.9. The van der Waals surface area contributed by atoms with Gasteiger partial charge in [-0.15, -0.1) is 0 Å². The number of benzene rings is 1. The van der Waals surface area contributed by atoms with Gasteiger partial charge in [0.25, 0.3) is 0 Å². The molecule has 134 valence electrons. The molecule has 1 atom stereocenters. The van der Waals surface area contributed by atoms with Crippen molar-refractivity contribution in [1.82, 2.24) is 4.72 Å². The second-order valence-corrected chi connectivity index (χ2v) is 11.0. The van der Waals surface area contributed by atoms with Gasteiger partial charge in [0.15, 0.2) is 9.84 Å². The molecule has 1 aliphatic heterocycles. The third-order valence-electron chi connectivity index (χ3n) is 5.16. The van der Waals surface area contributed by atoms with Gasteiger partial charge in [0.1, 0.15) is 0 Å². The second-order valence-electron chi connectivity index (χ2n) is 7.02. The summed E-state index contributed by atoms with van der Waals surface area (Å²) in [5, 5.41) is 0. The van der Waals surface area contributed by atoms with Crippen LogP contribution in [0.1, 0.15) is 50.0 Å². The van der Waals surface area contributed by atoms with Crippen LogP contribution >= 0.6 is 0 Å². The fourth-order valence-corrected chi connectivity index (χ4v) is 6.68. The largest absolute Gasteiger partial charge is 0.240 e. The Bertz CT molecular complexity index is 763. The minimum atomic E-state index is -3.58. The number of rotatable bonds is 5. The minimum Gasteiger partial charge on any atom is -0.229 e. The van der Waals surface area contributed by atoms with Crippen molar-refractivity contribution in [1.29, 1.82) is 0 Å². The monoisotopic (exact) mass is 371 g/mol. The second kappa shape index (κ2) is 7.14. The van der Waals surface area contributed by atoms with Crippen molar-refractivity contribution in [3.8, 4) is 0 Å². The van der Waals surface area contributed by atoms with Gasteiger partial charge in [0, 0.05) is 6.54 Å². The molecule has 0 radical (unpaired) electrons. The number of hydrogen-bond acceptors (Lipinski definition) is 4. The molecule has 7 heteroatoms. The Morgan fingerprint density at radius 1 is 1.00 bits per heavy atom. The molecule has 0 amide bonds. The number of sulfonamides is 1. The minimum absolute atomic E-state index is 0.0795. The number of hydrogen-bond donors (Lipinski definition) is 1. The highest BCUT2D eigenvalue weighted by Crippen LogP contribution is 2.32. The van der Waals surface area contributed by atoms with Crippen molar-refractivity contribution in [2.75, 3.05) is 18.1 Å². The first-order valence-corrected chi connectivity index (χ1v) is 12.0. The summed E-state index contributed by atoms with van der Waals surface area (Å²) in [6.45, 7) is 0.186. The Morgan fingerprint density at radius 3 is 2.25 bits per heavy atom. The van der Waals surface area contributed by atoms with E-state index in [1.165, 1.54) is 37.7 Å². The Labute approximate surface area is 144 Å². The highest BCUT2D eigenvalue weighted by Gasteiger charge is 2.29. The summed E-state index contributed by atoms with van der Waals surface area (Å²) in [6.07, 6.45) is 6.68. The van der Waals surface area contributed by atoms with Crippen LogP contribution in [0, 0.1) is 5.92 Å². The average molecular weight is 372 g/mol. The van der Waals surface area contributed by atoms with Gasteiger partial charge in [-0.1, -0.05) is 31.4 Å². The van der Waals surface area contributed by atoms with E-state index in [4.69, 9.17) is 0 Å². The first-order valence-electron chi connectivity index (χ1n) is 8.66. The lowest BCUT2D eigenvalue weighted by Crippen LogP contribution is -2.30. The number of nitrogens with one attached hydrogen (secondary N) is 1. The smallest absolute Gasteiger partial charge is 0.229 e. The van der Waals surface area contributed by atoms with E-state index in [2.05, 4.69) is 4.72 Å². The van der Waals surface area contributed by atoms with E-state index in [0.717, 1.165) is 0 Å². The summed E-state index contributed by atoms with van der Waals surface area (Å²) in [5.74, 6) is 0.671. The lowest BCUT2D eigenvalue weighted by Gasteiger charge is -2.22. The lowest BCUT2D eigenvalue weighted by molar-refractivity contribution is 0.443. The maximum atomic E-state index is 12.4. The highest BCUT2D eigenvalue weighted by atomic mass is 32.2. The maximum absolute atomic E-state index is 12.4. The highest BCUT2D eigenvalue weighted by molar-refractivity contribution is 7.91. The third kappa shape index (κ3) is 4.37. The molecule has 0 aromatic heterocycles. The quantitative estimate of drug-likeness (QED) is 0.862. The van der Waals surface area contributed by atoms with E-state index < -0.39 is 19.9 Å². The van der Waals surface area contributed by atoms with Crippen LogP contribution in [0.25, 0.3) is 0 Å². The SMILES string of the molecule is O=S1(=O)CCC(CNS(=O)(=O)c2ccc(C3CCCCC3)cc2)C1. The Kier molecular flexibility index (Phi) is 5.32. The number of sulfone groups is 1. The fourth-order valence-electron chi connectivity index (χ4n) is 3.70. The molecule has 1 saturated heterocycles. The van der Waals surface area contributed by atoms with Crippen molar-refractivity contribution < 1.29 is 16.8 Å². The van der Waals surface area contributed by atoms with Crippen LogP contribution < -0.4 is 4.72 Å². The fraction of sp³-hybridized carbons (Fsp3) is 0.647. The van der Waals surface area contributed by atoms with Crippen LogP contribution in [0.5, 0.6) is 0 Å². The predicted octanol–water partition coefficient (Wildman–Crippen LogP) is 2.45. The first kappa shape index (κ1) is 17.9. The van der Waals surface area contributed by atoms with Crippen molar-refractivity contribution in [2.24, 2.45) is 5.92 Å². The van der Waals surface area contributed by atoms with Crippen molar-refractivity contribution in [2.45, 2.75) is 49.3 Å². The van der Waals surface area contributed by atoms with Crippen LogP contribution in [0.2, 0.25) is 0 Å². The van der Waals surface area contributed by atoms with Crippen LogP contribution in [-0.4, -0.2) is 34.9 Å². The molecular weight excluding hydrogens is 346 g/mol. The van der Waals surface area contributed by atoms with Gasteiger partial charge in [0.05, 0.1) is 16.4 Å². The molecule has 24 heavy (non-hydrogen) atoms. The van der Waals surface area contributed by atoms with Crippen molar-refractivity contribution >= 4 is 19.9 Å².